The molecule has 0 aliphatic rings. The normalized spacial score (nSPS) is 10.3. The second-order valence-electron chi connectivity index (χ2n) is 4.81. The Morgan fingerprint density at radius 2 is 1.83 bits per heavy atom. The maximum Gasteiger partial charge on any atom is 0.225 e. The Bertz CT molecular complexity index is 792. The highest BCUT2D eigenvalue weighted by atomic mass is 35.5. The van der Waals surface area contributed by atoms with Crippen LogP contribution in [0.4, 0.5) is 17.5 Å². The first kappa shape index (κ1) is 15.2. The third-order valence-electron chi connectivity index (χ3n) is 3.12. The minimum Gasteiger partial charge on any atom is -0.354 e. The molecule has 0 spiro atoms. The van der Waals surface area contributed by atoms with Crippen molar-refractivity contribution < 1.29 is 0 Å². The van der Waals surface area contributed by atoms with Gasteiger partial charge in [0, 0.05) is 18.8 Å². The SMILES string of the molecule is CCNc1nc(Nc2ccccc2Cl)cc(-c2ccccn2)n1. The summed E-state index contributed by atoms with van der Waals surface area (Å²) < 4.78 is 0. The maximum atomic E-state index is 6.20. The molecule has 3 aromatic rings. The lowest BCUT2D eigenvalue weighted by Gasteiger charge is -2.11. The molecule has 6 heteroatoms. The molecule has 3 rings (SSSR count). The topological polar surface area (TPSA) is 62.7 Å². The molecule has 116 valence electrons. The number of para-hydroxylation sites is 1. The van der Waals surface area contributed by atoms with Gasteiger partial charge in [-0.1, -0.05) is 29.8 Å². The highest BCUT2D eigenvalue weighted by Gasteiger charge is 2.08. The molecule has 0 atom stereocenters. The first-order chi connectivity index (χ1) is 11.3. The van der Waals surface area contributed by atoms with Crippen LogP contribution in [0.1, 0.15) is 6.92 Å². The molecule has 0 bridgehead atoms. The van der Waals surface area contributed by atoms with Crippen LogP contribution in [-0.2, 0) is 0 Å². The van der Waals surface area contributed by atoms with E-state index in [4.69, 9.17) is 11.6 Å². The highest BCUT2D eigenvalue weighted by Crippen LogP contribution is 2.26. The number of rotatable bonds is 5. The van der Waals surface area contributed by atoms with E-state index in [1.165, 1.54) is 0 Å². The molecule has 0 amide bonds. The Morgan fingerprint density at radius 3 is 2.57 bits per heavy atom. The van der Waals surface area contributed by atoms with Gasteiger partial charge >= 0.3 is 0 Å². The Kier molecular flexibility index (Phi) is 4.68. The van der Waals surface area contributed by atoms with E-state index in [0.717, 1.165) is 23.6 Å². The number of hydrogen-bond donors (Lipinski definition) is 2. The van der Waals surface area contributed by atoms with E-state index in [1.54, 1.807) is 6.20 Å². The Labute approximate surface area is 139 Å². The monoisotopic (exact) mass is 325 g/mol. The highest BCUT2D eigenvalue weighted by molar-refractivity contribution is 6.33. The minimum absolute atomic E-state index is 0.546. The molecule has 0 aliphatic carbocycles. The third-order valence-corrected chi connectivity index (χ3v) is 3.45. The third kappa shape index (κ3) is 3.76. The van der Waals surface area contributed by atoms with Crippen molar-refractivity contribution in [2.24, 2.45) is 0 Å². The van der Waals surface area contributed by atoms with Crippen molar-refractivity contribution in [3.05, 3.63) is 59.8 Å². The Balaban J connectivity index is 1.99. The number of pyridine rings is 1. The van der Waals surface area contributed by atoms with Gasteiger partial charge in [-0.2, -0.15) is 4.98 Å². The van der Waals surface area contributed by atoms with E-state index in [-0.39, 0.29) is 0 Å². The van der Waals surface area contributed by atoms with Crippen molar-refractivity contribution in [1.82, 2.24) is 15.0 Å². The summed E-state index contributed by atoms with van der Waals surface area (Å²) in [5, 5.41) is 7.00. The van der Waals surface area contributed by atoms with E-state index in [0.29, 0.717) is 16.8 Å². The maximum absolute atomic E-state index is 6.20. The number of nitrogens with zero attached hydrogens (tertiary/aromatic N) is 3. The quantitative estimate of drug-likeness (QED) is 0.729. The van der Waals surface area contributed by atoms with E-state index >= 15 is 0 Å². The van der Waals surface area contributed by atoms with E-state index in [1.807, 2.05) is 55.5 Å². The van der Waals surface area contributed by atoms with Gasteiger partial charge in [0.15, 0.2) is 0 Å². The van der Waals surface area contributed by atoms with Crippen LogP contribution in [0, 0.1) is 0 Å². The van der Waals surface area contributed by atoms with Gasteiger partial charge in [0.25, 0.3) is 0 Å². The molecule has 0 aliphatic heterocycles. The van der Waals surface area contributed by atoms with Gasteiger partial charge in [0.2, 0.25) is 5.95 Å². The van der Waals surface area contributed by atoms with Gasteiger partial charge < -0.3 is 10.6 Å². The zero-order chi connectivity index (χ0) is 16.1. The summed E-state index contributed by atoms with van der Waals surface area (Å²) >= 11 is 6.20. The predicted molar refractivity (Wildman–Crippen MR) is 94.2 cm³/mol. The van der Waals surface area contributed by atoms with Crippen molar-refractivity contribution in [2.75, 3.05) is 17.2 Å². The zero-order valence-electron chi connectivity index (χ0n) is 12.6. The molecule has 1 aromatic carbocycles. The van der Waals surface area contributed by atoms with Crippen LogP contribution in [0.3, 0.4) is 0 Å². The van der Waals surface area contributed by atoms with Gasteiger partial charge in [-0.25, -0.2) is 4.98 Å². The van der Waals surface area contributed by atoms with Crippen LogP contribution in [0.2, 0.25) is 5.02 Å². The smallest absolute Gasteiger partial charge is 0.225 e. The predicted octanol–water partition coefficient (Wildman–Crippen LogP) is 4.37. The summed E-state index contributed by atoms with van der Waals surface area (Å²) in [6.45, 7) is 2.73. The van der Waals surface area contributed by atoms with Gasteiger partial charge in [0.05, 0.1) is 22.1 Å². The number of anilines is 3. The second-order valence-corrected chi connectivity index (χ2v) is 5.22. The molecular formula is C17H16ClN5. The summed E-state index contributed by atoms with van der Waals surface area (Å²) in [5.41, 5.74) is 2.32. The molecule has 2 heterocycles. The number of halogens is 1. The van der Waals surface area contributed by atoms with Crippen LogP contribution < -0.4 is 10.6 Å². The van der Waals surface area contributed by atoms with Crippen LogP contribution >= 0.6 is 11.6 Å². The Morgan fingerprint density at radius 1 is 1.00 bits per heavy atom. The van der Waals surface area contributed by atoms with E-state index < -0.39 is 0 Å². The summed E-state index contributed by atoms with van der Waals surface area (Å²) in [6, 6.07) is 15.1. The molecule has 5 nitrogen and oxygen atoms in total. The summed E-state index contributed by atoms with van der Waals surface area (Å²) in [6.07, 6.45) is 1.74. The molecule has 0 saturated carbocycles. The van der Waals surface area contributed by atoms with Crippen molar-refractivity contribution in [1.29, 1.82) is 0 Å². The fraction of sp³-hybridized carbons (Fsp3) is 0.118. The zero-order valence-corrected chi connectivity index (χ0v) is 13.4. The summed E-state index contributed by atoms with van der Waals surface area (Å²) in [5.74, 6) is 1.20. The van der Waals surface area contributed by atoms with Gasteiger partial charge in [-0.15, -0.1) is 0 Å². The van der Waals surface area contributed by atoms with Gasteiger partial charge in [0.1, 0.15) is 5.82 Å². The lowest BCUT2D eigenvalue weighted by atomic mass is 10.2. The molecule has 0 unspecified atom stereocenters. The first-order valence-electron chi connectivity index (χ1n) is 7.32. The average molecular weight is 326 g/mol. The standard InChI is InChI=1S/C17H16ClN5/c1-2-19-17-22-15(14-9-5-6-10-20-14)11-16(23-17)21-13-8-4-3-7-12(13)18/h3-11H,2H2,1H3,(H2,19,21,22,23). The average Bonchev–Trinajstić information content (AvgIpc) is 2.58. The number of nitrogens with one attached hydrogen (secondary N) is 2. The molecule has 23 heavy (non-hydrogen) atoms. The lowest BCUT2D eigenvalue weighted by Crippen LogP contribution is -2.05. The van der Waals surface area contributed by atoms with Crippen LogP contribution in [0.5, 0.6) is 0 Å². The van der Waals surface area contributed by atoms with Gasteiger partial charge in [-0.05, 0) is 31.2 Å². The molecule has 2 N–H and O–H groups in total. The lowest BCUT2D eigenvalue weighted by molar-refractivity contribution is 1.08. The van der Waals surface area contributed by atoms with Crippen molar-refractivity contribution >= 4 is 29.1 Å². The van der Waals surface area contributed by atoms with Crippen LogP contribution in [-0.4, -0.2) is 21.5 Å². The van der Waals surface area contributed by atoms with E-state index in [9.17, 15) is 0 Å². The molecular weight excluding hydrogens is 310 g/mol. The molecule has 0 fully saturated rings. The fourth-order valence-electron chi connectivity index (χ4n) is 2.09. The summed E-state index contributed by atoms with van der Waals surface area (Å²) in [7, 11) is 0. The molecule has 0 saturated heterocycles. The molecule has 0 radical (unpaired) electrons. The Hall–Kier alpha value is -2.66. The van der Waals surface area contributed by atoms with Crippen molar-refractivity contribution in [2.45, 2.75) is 6.92 Å². The van der Waals surface area contributed by atoms with Crippen LogP contribution in [0.25, 0.3) is 11.4 Å². The first-order valence-corrected chi connectivity index (χ1v) is 7.70. The van der Waals surface area contributed by atoms with Gasteiger partial charge in [-0.3, -0.25) is 4.98 Å². The number of aromatic nitrogens is 3. The van der Waals surface area contributed by atoms with Crippen LogP contribution in [0.15, 0.2) is 54.7 Å². The number of hydrogen-bond acceptors (Lipinski definition) is 5. The fourth-order valence-corrected chi connectivity index (χ4v) is 2.28. The van der Waals surface area contributed by atoms with E-state index in [2.05, 4.69) is 25.6 Å². The van der Waals surface area contributed by atoms with Crippen molar-refractivity contribution in [3.8, 4) is 11.4 Å². The molecule has 2 aromatic heterocycles. The summed E-state index contributed by atoms with van der Waals surface area (Å²) in [4.78, 5) is 13.3. The largest absolute Gasteiger partial charge is 0.354 e. The van der Waals surface area contributed by atoms with Crippen molar-refractivity contribution in [3.63, 3.8) is 0 Å². The minimum atomic E-state index is 0.546. The number of benzene rings is 1. The second kappa shape index (κ2) is 7.07.